The molecule has 5 heteroatoms. The molecule has 2 atom stereocenters. The van der Waals surface area contributed by atoms with Gasteiger partial charge in [-0.3, -0.25) is 4.79 Å². The van der Waals surface area contributed by atoms with Crippen molar-refractivity contribution in [3.05, 3.63) is 24.3 Å². The Labute approximate surface area is 112 Å². The summed E-state index contributed by atoms with van der Waals surface area (Å²) in [6.45, 7) is 0.611. The minimum absolute atomic E-state index is 0.000802. The second-order valence-corrected chi connectivity index (χ2v) is 4.99. The summed E-state index contributed by atoms with van der Waals surface area (Å²) in [6.07, 6.45) is 2.38. The first-order valence-electron chi connectivity index (χ1n) is 6.56. The van der Waals surface area contributed by atoms with E-state index in [-0.39, 0.29) is 18.6 Å². The topological polar surface area (TPSA) is 84.6 Å². The van der Waals surface area contributed by atoms with E-state index in [4.69, 9.17) is 10.5 Å². The molecule has 0 saturated heterocycles. The van der Waals surface area contributed by atoms with Gasteiger partial charge in [-0.2, -0.15) is 0 Å². The summed E-state index contributed by atoms with van der Waals surface area (Å²) in [5.74, 6) is 0.870. The number of aliphatic hydroxyl groups is 1. The zero-order chi connectivity index (χ0) is 13.7. The van der Waals surface area contributed by atoms with E-state index in [2.05, 4.69) is 5.32 Å². The maximum Gasteiger partial charge on any atom is 0.257 e. The number of aliphatic hydroxyl groups excluding tert-OH is 1. The standard InChI is InChI=1S/C14H20N2O3/c15-11-2-5-13(6-3-11)19-9-14(18)16-8-10-1-4-12(17)7-10/h2-3,5-6,10,12,17H,1,4,7-9,15H2,(H,16,18). The Kier molecular flexibility index (Phi) is 4.63. The molecule has 1 fully saturated rings. The summed E-state index contributed by atoms with van der Waals surface area (Å²) in [5, 5.41) is 12.2. The van der Waals surface area contributed by atoms with Crippen LogP contribution in [-0.4, -0.2) is 30.3 Å². The summed E-state index contributed by atoms with van der Waals surface area (Å²) >= 11 is 0. The molecule has 0 bridgehead atoms. The lowest BCUT2D eigenvalue weighted by Gasteiger charge is -2.11. The highest BCUT2D eigenvalue weighted by molar-refractivity contribution is 5.77. The van der Waals surface area contributed by atoms with E-state index in [0.29, 0.717) is 23.9 Å². The highest BCUT2D eigenvalue weighted by Gasteiger charge is 2.22. The van der Waals surface area contributed by atoms with Gasteiger partial charge in [-0.1, -0.05) is 0 Å². The summed E-state index contributed by atoms with van der Waals surface area (Å²) in [4.78, 5) is 11.6. The van der Waals surface area contributed by atoms with Gasteiger partial charge < -0.3 is 20.9 Å². The van der Waals surface area contributed by atoms with Crippen LogP contribution in [0.5, 0.6) is 5.75 Å². The fourth-order valence-electron chi connectivity index (χ4n) is 2.26. The third kappa shape index (κ3) is 4.44. The van der Waals surface area contributed by atoms with Gasteiger partial charge in [0, 0.05) is 12.2 Å². The van der Waals surface area contributed by atoms with Crippen molar-refractivity contribution < 1.29 is 14.6 Å². The highest BCUT2D eigenvalue weighted by Crippen LogP contribution is 2.24. The number of nitrogens with one attached hydrogen (secondary N) is 1. The minimum Gasteiger partial charge on any atom is -0.484 e. The number of hydrogen-bond donors (Lipinski definition) is 3. The Morgan fingerprint density at radius 3 is 2.74 bits per heavy atom. The molecule has 19 heavy (non-hydrogen) atoms. The molecule has 1 amide bonds. The predicted molar refractivity (Wildman–Crippen MR) is 72.7 cm³/mol. The Balaban J connectivity index is 1.65. The first-order chi connectivity index (χ1) is 9.13. The zero-order valence-electron chi connectivity index (χ0n) is 10.8. The summed E-state index contributed by atoms with van der Waals surface area (Å²) in [7, 11) is 0. The molecule has 2 unspecified atom stereocenters. The predicted octanol–water partition coefficient (Wildman–Crippen LogP) is 0.925. The van der Waals surface area contributed by atoms with Gasteiger partial charge >= 0.3 is 0 Å². The van der Waals surface area contributed by atoms with Crippen LogP contribution in [0.1, 0.15) is 19.3 Å². The van der Waals surface area contributed by atoms with E-state index in [0.717, 1.165) is 19.3 Å². The minimum atomic E-state index is -0.201. The van der Waals surface area contributed by atoms with Gasteiger partial charge in [-0.15, -0.1) is 0 Å². The Bertz CT molecular complexity index is 419. The van der Waals surface area contributed by atoms with E-state index in [9.17, 15) is 9.90 Å². The molecule has 5 nitrogen and oxygen atoms in total. The number of anilines is 1. The zero-order valence-corrected chi connectivity index (χ0v) is 10.8. The van der Waals surface area contributed by atoms with Gasteiger partial charge in [0.15, 0.2) is 6.61 Å². The van der Waals surface area contributed by atoms with E-state index in [1.807, 2.05) is 0 Å². The fourth-order valence-corrected chi connectivity index (χ4v) is 2.26. The average molecular weight is 264 g/mol. The van der Waals surface area contributed by atoms with Crippen molar-refractivity contribution in [2.75, 3.05) is 18.9 Å². The van der Waals surface area contributed by atoms with E-state index in [1.165, 1.54) is 0 Å². The summed E-state index contributed by atoms with van der Waals surface area (Å²) in [5.41, 5.74) is 6.22. The van der Waals surface area contributed by atoms with Crippen molar-refractivity contribution in [3.8, 4) is 5.75 Å². The number of rotatable bonds is 5. The lowest BCUT2D eigenvalue weighted by atomic mass is 10.1. The van der Waals surface area contributed by atoms with Gasteiger partial charge in [0.05, 0.1) is 6.10 Å². The van der Waals surface area contributed by atoms with Crippen molar-refractivity contribution >= 4 is 11.6 Å². The Hall–Kier alpha value is -1.75. The molecular formula is C14H20N2O3. The quantitative estimate of drug-likeness (QED) is 0.691. The normalized spacial score (nSPS) is 22.2. The van der Waals surface area contributed by atoms with Crippen LogP contribution in [0.2, 0.25) is 0 Å². The number of carbonyl (C=O) groups excluding carboxylic acids is 1. The van der Waals surface area contributed by atoms with Gasteiger partial charge in [-0.05, 0) is 49.4 Å². The molecule has 2 rings (SSSR count). The van der Waals surface area contributed by atoms with E-state index >= 15 is 0 Å². The van der Waals surface area contributed by atoms with E-state index in [1.54, 1.807) is 24.3 Å². The number of ether oxygens (including phenoxy) is 1. The molecule has 1 aromatic rings. The van der Waals surface area contributed by atoms with Crippen LogP contribution in [0.25, 0.3) is 0 Å². The fraction of sp³-hybridized carbons (Fsp3) is 0.500. The molecule has 0 radical (unpaired) electrons. The van der Waals surface area contributed by atoms with Gasteiger partial charge in [0.25, 0.3) is 5.91 Å². The lowest BCUT2D eigenvalue weighted by molar-refractivity contribution is -0.123. The van der Waals surface area contributed by atoms with Crippen LogP contribution in [-0.2, 0) is 4.79 Å². The number of hydrogen-bond acceptors (Lipinski definition) is 4. The van der Waals surface area contributed by atoms with Gasteiger partial charge in [-0.25, -0.2) is 0 Å². The third-order valence-corrected chi connectivity index (χ3v) is 3.35. The van der Waals surface area contributed by atoms with Gasteiger partial charge in [0.1, 0.15) is 5.75 Å². The maximum atomic E-state index is 11.6. The first-order valence-corrected chi connectivity index (χ1v) is 6.56. The van der Waals surface area contributed by atoms with Crippen molar-refractivity contribution in [1.82, 2.24) is 5.32 Å². The molecule has 4 N–H and O–H groups in total. The van der Waals surface area contributed by atoms with Crippen molar-refractivity contribution in [1.29, 1.82) is 0 Å². The molecule has 1 aromatic carbocycles. The molecule has 104 valence electrons. The molecule has 1 aliphatic carbocycles. The van der Waals surface area contributed by atoms with Crippen LogP contribution in [0, 0.1) is 5.92 Å². The molecule has 0 aliphatic heterocycles. The summed E-state index contributed by atoms with van der Waals surface area (Å²) < 4.78 is 5.34. The second-order valence-electron chi connectivity index (χ2n) is 4.99. The number of carbonyl (C=O) groups is 1. The third-order valence-electron chi connectivity index (χ3n) is 3.35. The molecule has 0 aromatic heterocycles. The first kappa shape index (κ1) is 13.7. The molecule has 0 heterocycles. The number of amides is 1. The van der Waals surface area contributed by atoms with E-state index < -0.39 is 0 Å². The van der Waals surface area contributed by atoms with Crippen LogP contribution in [0.4, 0.5) is 5.69 Å². The SMILES string of the molecule is Nc1ccc(OCC(=O)NCC2CCC(O)C2)cc1. The van der Waals surface area contributed by atoms with Gasteiger partial charge in [0.2, 0.25) is 0 Å². The second kappa shape index (κ2) is 6.43. The van der Waals surface area contributed by atoms with Crippen LogP contribution < -0.4 is 15.8 Å². The largest absolute Gasteiger partial charge is 0.484 e. The molecule has 1 saturated carbocycles. The van der Waals surface area contributed by atoms with Crippen molar-refractivity contribution in [3.63, 3.8) is 0 Å². The number of benzene rings is 1. The smallest absolute Gasteiger partial charge is 0.257 e. The number of nitrogen functional groups attached to an aromatic ring is 1. The molecule has 1 aliphatic rings. The van der Waals surface area contributed by atoms with Crippen molar-refractivity contribution in [2.45, 2.75) is 25.4 Å². The Morgan fingerprint density at radius 1 is 1.37 bits per heavy atom. The van der Waals surface area contributed by atoms with Crippen LogP contribution >= 0.6 is 0 Å². The monoisotopic (exact) mass is 264 g/mol. The van der Waals surface area contributed by atoms with Crippen LogP contribution in [0.15, 0.2) is 24.3 Å². The Morgan fingerprint density at radius 2 is 2.11 bits per heavy atom. The summed E-state index contributed by atoms with van der Waals surface area (Å²) in [6, 6.07) is 6.92. The average Bonchev–Trinajstić information content (AvgIpc) is 2.81. The van der Waals surface area contributed by atoms with Crippen molar-refractivity contribution in [2.24, 2.45) is 5.92 Å². The number of nitrogens with two attached hydrogens (primary N) is 1. The molecular weight excluding hydrogens is 244 g/mol. The highest BCUT2D eigenvalue weighted by atomic mass is 16.5. The lowest BCUT2D eigenvalue weighted by Crippen LogP contribution is -2.32. The molecule has 0 spiro atoms. The van der Waals surface area contributed by atoms with Crippen LogP contribution in [0.3, 0.4) is 0 Å². The maximum absolute atomic E-state index is 11.6.